The van der Waals surface area contributed by atoms with Crippen LogP contribution in [0.2, 0.25) is 10.0 Å². The Kier molecular flexibility index (Phi) is 4.12. The summed E-state index contributed by atoms with van der Waals surface area (Å²) < 4.78 is 10.0. The highest BCUT2D eigenvalue weighted by molar-refractivity contribution is 6.35. The van der Waals surface area contributed by atoms with Crippen molar-refractivity contribution >= 4 is 29.2 Å². The zero-order valence-electron chi connectivity index (χ0n) is 10.4. The van der Waals surface area contributed by atoms with E-state index in [2.05, 4.69) is 5.16 Å². The highest BCUT2D eigenvalue weighted by atomic mass is 35.5. The summed E-state index contributed by atoms with van der Waals surface area (Å²) in [5, 5.41) is 4.80. The Morgan fingerprint density at radius 3 is 2.84 bits per heavy atom. The maximum absolute atomic E-state index is 11.9. The van der Waals surface area contributed by atoms with Crippen LogP contribution in [0, 0.1) is 6.92 Å². The molecule has 0 fully saturated rings. The molecule has 4 nitrogen and oxygen atoms in total. The first kappa shape index (κ1) is 13.9. The number of aromatic nitrogens is 1. The molecular formula is C13H11Cl2NO3. The molecule has 2 aromatic rings. The number of esters is 1. The van der Waals surface area contributed by atoms with Crippen molar-refractivity contribution in [3.63, 3.8) is 0 Å². The molecule has 2 rings (SSSR count). The van der Waals surface area contributed by atoms with Crippen LogP contribution in [0.3, 0.4) is 0 Å². The number of ether oxygens (including phenoxy) is 1. The molecule has 0 saturated carbocycles. The number of benzene rings is 1. The lowest BCUT2D eigenvalue weighted by Crippen LogP contribution is -2.06. The molecule has 0 atom stereocenters. The van der Waals surface area contributed by atoms with E-state index in [1.54, 1.807) is 32.0 Å². The minimum atomic E-state index is -0.493. The minimum Gasteiger partial charge on any atom is -0.462 e. The first-order valence-corrected chi connectivity index (χ1v) is 6.39. The van der Waals surface area contributed by atoms with Crippen LogP contribution in [-0.4, -0.2) is 17.7 Å². The van der Waals surface area contributed by atoms with Gasteiger partial charge in [0.2, 0.25) is 0 Å². The van der Waals surface area contributed by atoms with Crippen molar-refractivity contribution < 1.29 is 14.1 Å². The molecule has 0 aliphatic carbocycles. The lowest BCUT2D eigenvalue weighted by molar-refractivity contribution is 0.0525. The molecule has 1 aromatic carbocycles. The zero-order chi connectivity index (χ0) is 14.0. The summed E-state index contributed by atoms with van der Waals surface area (Å²) in [4.78, 5) is 11.9. The highest BCUT2D eigenvalue weighted by Gasteiger charge is 2.24. The topological polar surface area (TPSA) is 52.3 Å². The van der Waals surface area contributed by atoms with E-state index in [9.17, 15) is 4.79 Å². The number of nitrogens with zero attached hydrogens (tertiary/aromatic N) is 1. The van der Waals surface area contributed by atoms with E-state index < -0.39 is 5.97 Å². The van der Waals surface area contributed by atoms with Gasteiger partial charge in [0, 0.05) is 10.6 Å². The maximum Gasteiger partial charge on any atom is 0.344 e. The van der Waals surface area contributed by atoms with Crippen LogP contribution in [-0.2, 0) is 4.74 Å². The van der Waals surface area contributed by atoms with Crippen LogP contribution in [0.15, 0.2) is 22.7 Å². The fourth-order valence-electron chi connectivity index (χ4n) is 1.68. The van der Waals surface area contributed by atoms with Crippen molar-refractivity contribution in [2.24, 2.45) is 0 Å². The first-order valence-electron chi connectivity index (χ1n) is 5.63. The SMILES string of the molecule is CCOC(=O)c1c(-c2cc(Cl)ccc2Cl)noc1C. The molecule has 0 aliphatic heterocycles. The summed E-state index contributed by atoms with van der Waals surface area (Å²) in [5.41, 5.74) is 1.14. The smallest absolute Gasteiger partial charge is 0.344 e. The molecule has 0 saturated heterocycles. The van der Waals surface area contributed by atoms with E-state index in [-0.39, 0.29) is 12.2 Å². The number of carbonyl (C=O) groups is 1. The summed E-state index contributed by atoms with van der Waals surface area (Å²) in [6.07, 6.45) is 0. The molecule has 100 valence electrons. The fourth-order valence-corrected chi connectivity index (χ4v) is 2.06. The third kappa shape index (κ3) is 2.74. The molecule has 19 heavy (non-hydrogen) atoms. The Hall–Kier alpha value is -1.52. The molecule has 0 radical (unpaired) electrons. The first-order chi connectivity index (χ1) is 9.04. The molecule has 0 unspecified atom stereocenters. The summed E-state index contributed by atoms with van der Waals surface area (Å²) in [6.45, 7) is 3.64. The largest absolute Gasteiger partial charge is 0.462 e. The van der Waals surface area contributed by atoms with Crippen LogP contribution in [0.1, 0.15) is 23.0 Å². The van der Waals surface area contributed by atoms with Gasteiger partial charge < -0.3 is 9.26 Å². The summed E-state index contributed by atoms with van der Waals surface area (Å²) >= 11 is 12.0. The van der Waals surface area contributed by atoms with E-state index >= 15 is 0 Å². The van der Waals surface area contributed by atoms with Crippen LogP contribution >= 0.6 is 23.2 Å². The van der Waals surface area contributed by atoms with E-state index in [1.165, 1.54) is 0 Å². The molecule has 0 aliphatic rings. The van der Waals surface area contributed by atoms with Crippen molar-refractivity contribution in [3.05, 3.63) is 39.6 Å². The summed E-state index contributed by atoms with van der Waals surface area (Å²) in [5.74, 6) is -0.114. The highest BCUT2D eigenvalue weighted by Crippen LogP contribution is 2.33. The third-order valence-corrected chi connectivity index (χ3v) is 3.09. The maximum atomic E-state index is 11.9. The van der Waals surface area contributed by atoms with E-state index in [4.69, 9.17) is 32.5 Å². The normalized spacial score (nSPS) is 10.5. The Balaban J connectivity index is 2.57. The van der Waals surface area contributed by atoms with Gasteiger partial charge in [0.05, 0.1) is 11.6 Å². The third-order valence-electron chi connectivity index (χ3n) is 2.53. The average molecular weight is 300 g/mol. The number of halogens is 2. The van der Waals surface area contributed by atoms with E-state index in [1.807, 2.05) is 0 Å². The number of rotatable bonds is 3. The molecule has 0 spiro atoms. The monoisotopic (exact) mass is 299 g/mol. The van der Waals surface area contributed by atoms with Crippen LogP contribution in [0.25, 0.3) is 11.3 Å². The van der Waals surface area contributed by atoms with Gasteiger partial charge in [0.15, 0.2) is 0 Å². The lowest BCUT2D eigenvalue weighted by atomic mass is 10.1. The van der Waals surface area contributed by atoms with Crippen LogP contribution < -0.4 is 0 Å². The Bertz CT molecular complexity index is 622. The van der Waals surface area contributed by atoms with E-state index in [0.29, 0.717) is 27.1 Å². The van der Waals surface area contributed by atoms with Gasteiger partial charge in [-0.05, 0) is 32.0 Å². The van der Waals surface area contributed by atoms with Gasteiger partial charge in [-0.3, -0.25) is 0 Å². The van der Waals surface area contributed by atoms with Crippen LogP contribution in [0.5, 0.6) is 0 Å². The Labute approximate surface area is 120 Å². The van der Waals surface area contributed by atoms with Crippen molar-refractivity contribution in [1.82, 2.24) is 5.16 Å². The Morgan fingerprint density at radius 1 is 1.42 bits per heavy atom. The number of aryl methyl sites for hydroxylation is 1. The van der Waals surface area contributed by atoms with Crippen LogP contribution in [0.4, 0.5) is 0 Å². The van der Waals surface area contributed by atoms with Gasteiger partial charge in [-0.25, -0.2) is 4.79 Å². The summed E-state index contributed by atoms with van der Waals surface area (Å²) in [6, 6.07) is 4.92. The molecule has 0 amide bonds. The fraction of sp³-hybridized carbons (Fsp3) is 0.231. The molecule has 1 aromatic heterocycles. The number of hydrogen-bond donors (Lipinski definition) is 0. The quantitative estimate of drug-likeness (QED) is 0.800. The van der Waals surface area contributed by atoms with Gasteiger partial charge in [0.1, 0.15) is 17.0 Å². The van der Waals surface area contributed by atoms with Crippen molar-refractivity contribution in [2.45, 2.75) is 13.8 Å². The molecule has 1 heterocycles. The predicted octanol–water partition coefficient (Wildman–Crippen LogP) is 4.13. The van der Waals surface area contributed by atoms with Gasteiger partial charge >= 0.3 is 5.97 Å². The summed E-state index contributed by atoms with van der Waals surface area (Å²) in [7, 11) is 0. The minimum absolute atomic E-state index is 0.269. The number of carbonyl (C=O) groups excluding carboxylic acids is 1. The van der Waals surface area contributed by atoms with Gasteiger partial charge in [-0.2, -0.15) is 0 Å². The lowest BCUT2D eigenvalue weighted by Gasteiger charge is -2.04. The van der Waals surface area contributed by atoms with Gasteiger partial charge in [-0.1, -0.05) is 28.4 Å². The van der Waals surface area contributed by atoms with E-state index in [0.717, 1.165) is 0 Å². The molecule has 0 bridgehead atoms. The van der Waals surface area contributed by atoms with Crippen molar-refractivity contribution in [3.8, 4) is 11.3 Å². The molecule has 6 heteroatoms. The molecular weight excluding hydrogens is 289 g/mol. The van der Waals surface area contributed by atoms with Gasteiger partial charge in [0.25, 0.3) is 0 Å². The molecule has 0 N–H and O–H groups in total. The van der Waals surface area contributed by atoms with Crippen molar-refractivity contribution in [2.75, 3.05) is 6.61 Å². The Morgan fingerprint density at radius 2 is 2.16 bits per heavy atom. The second kappa shape index (κ2) is 5.63. The predicted molar refractivity (Wildman–Crippen MR) is 72.7 cm³/mol. The standard InChI is InChI=1S/C13H11Cl2NO3/c1-3-18-13(17)11-7(2)19-16-12(11)9-6-8(14)4-5-10(9)15/h4-6H,3H2,1-2H3. The van der Waals surface area contributed by atoms with Crippen molar-refractivity contribution in [1.29, 1.82) is 0 Å². The number of hydrogen-bond acceptors (Lipinski definition) is 4. The second-order valence-electron chi connectivity index (χ2n) is 3.81. The second-order valence-corrected chi connectivity index (χ2v) is 4.65. The zero-order valence-corrected chi connectivity index (χ0v) is 11.9. The van der Waals surface area contributed by atoms with Gasteiger partial charge in [-0.15, -0.1) is 0 Å². The average Bonchev–Trinajstić information content (AvgIpc) is 2.74.